The van der Waals surface area contributed by atoms with Crippen LogP contribution < -0.4 is 10.0 Å². The number of hydrogen-bond acceptors (Lipinski definition) is 3. The van der Waals surface area contributed by atoms with E-state index in [1.807, 2.05) is 24.3 Å². The van der Waals surface area contributed by atoms with E-state index in [2.05, 4.69) is 17.0 Å². The van der Waals surface area contributed by atoms with Gasteiger partial charge in [0.25, 0.3) is 0 Å². The first-order valence-electron chi connectivity index (χ1n) is 6.43. The summed E-state index contributed by atoms with van der Waals surface area (Å²) in [5, 5.41) is 2.90. The molecule has 4 nitrogen and oxygen atoms in total. The van der Waals surface area contributed by atoms with Gasteiger partial charge >= 0.3 is 0 Å². The summed E-state index contributed by atoms with van der Waals surface area (Å²) in [7, 11) is -3.25. The predicted molar refractivity (Wildman–Crippen MR) is 74.3 cm³/mol. The third-order valence-corrected chi connectivity index (χ3v) is 5.22. The van der Waals surface area contributed by atoms with Crippen molar-refractivity contribution in [1.29, 1.82) is 0 Å². The number of anilines is 1. The lowest BCUT2D eigenvalue weighted by molar-refractivity contribution is 0.499. The van der Waals surface area contributed by atoms with Gasteiger partial charge in [-0.25, -0.2) is 8.42 Å². The standard InChI is InChI=1S/C13H20N2O2S/c1-2-11-3-5-12(6-4-11)15-18(16,17)13-7-9-14-10-8-13/h3-6,13-15H,2,7-10H2,1H3. The van der Waals surface area contributed by atoms with Crippen LogP contribution in [-0.4, -0.2) is 26.8 Å². The summed E-state index contributed by atoms with van der Waals surface area (Å²) in [5.41, 5.74) is 1.87. The Bertz CT molecular complexity index is 476. The van der Waals surface area contributed by atoms with Crippen LogP contribution in [0.5, 0.6) is 0 Å². The van der Waals surface area contributed by atoms with Crippen molar-refractivity contribution in [1.82, 2.24) is 5.32 Å². The lowest BCUT2D eigenvalue weighted by atomic mass is 10.2. The summed E-state index contributed by atoms with van der Waals surface area (Å²) in [6.45, 7) is 3.63. The average Bonchev–Trinajstić information content (AvgIpc) is 2.40. The first-order chi connectivity index (χ1) is 8.62. The van der Waals surface area contributed by atoms with Crippen LogP contribution >= 0.6 is 0 Å². The third-order valence-electron chi connectivity index (χ3n) is 3.35. The molecule has 0 bridgehead atoms. The molecule has 0 unspecified atom stereocenters. The quantitative estimate of drug-likeness (QED) is 0.874. The van der Waals surface area contributed by atoms with Crippen molar-refractivity contribution in [2.45, 2.75) is 31.4 Å². The fourth-order valence-corrected chi connectivity index (χ4v) is 3.65. The van der Waals surface area contributed by atoms with E-state index in [0.29, 0.717) is 18.5 Å². The number of hydrogen-bond donors (Lipinski definition) is 2. The first kappa shape index (κ1) is 13.4. The number of rotatable bonds is 4. The molecule has 1 aliphatic heterocycles. The van der Waals surface area contributed by atoms with E-state index in [-0.39, 0.29) is 5.25 Å². The molecule has 1 aliphatic rings. The van der Waals surface area contributed by atoms with Crippen LogP contribution in [0.3, 0.4) is 0 Å². The van der Waals surface area contributed by atoms with Gasteiger partial charge < -0.3 is 5.32 Å². The topological polar surface area (TPSA) is 58.2 Å². The minimum Gasteiger partial charge on any atom is -0.317 e. The molecule has 5 heteroatoms. The molecule has 1 aromatic rings. The van der Waals surface area contributed by atoms with Crippen LogP contribution in [0.1, 0.15) is 25.3 Å². The molecule has 0 aromatic heterocycles. The van der Waals surface area contributed by atoms with Crippen molar-refractivity contribution in [3.05, 3.63) is 29.8 Å². The highest BCUT2D eigenvalue weighted by Crippen LogP contribution is 2.18. The maximum Gasteiger partial charge on any atom is 0.235 e. The Kier molecular flexibility index (Phi) is 4.24. The summed E-state index contributed by atoms with van der Waals surface area (Å²) < 4.78 is 27.0. The van der Waals surface area contributed by atoms with E-state index in [1.54, 1.807) is 0 Å². The van der Waals surface area contributed by atoms with Crippen LogP contribution in [-0.2, 0) is 16.4 Å². The second-order valence-corrected chi connectivity index (χ2v) is 6.61. The zero-order chi connectivity index (χ0) is 13.0. The van der Waals surface area contributed by atoms with E-state index in [1.165, 1.54) is 5.56 Å². The molecule has 0 spiro atoms. The van der Waals surface area contributed by atoms with Gasteiger partial charge in [-0.05, 0) is 50.0 Å². The fourth-order valence-electron chi connectivity index (χ4n) is 2.16. The molecule has 1 fully saturated rings. The van der Waals surface area contributed by atoms with Crippen molar-refractivity contribution >= 4 is 15.7 Å². The molecule has 100 valence electrons. The number of benzene rings is 1. The second-order valence-electron chi connectivity index (χ2n) is 4.65. The third kappa shape index (κ3) is 3.23. The van der Waals surface area contributed by atoms with Crippen molar-refractivity contribution in [3.8, 4) is 0 Å². The molecule has 0 aliphatic carbocycles. The lowest BCUT2D eigenvalue weighted by Gasteiger charge is -2.23. The Morgan fingerprint density at radius 2 is 1.83 bits per heavy atom. The minimum absolute atomic E-state index is 0.274. The van der Waals surface area contributed by atoms with Crippen LogP contribution in [0, 0.1) is 0 Å². The van der Waals surface area contributed by atoms with Gasteiger partial charge in [-0.3, -0.25) is 4.72 Å². The molecule has 0 saturated carbocycles. The molecule has 0 atom stereocenters. The van der Waals surface area contributed by atoms with Crippen LogP contribution in [0.15, 0.2) is 24.3 Å². The Hall–Kier alpha value is -1.07. The van der Waals surface area contributed by atoms with E-state index in [4.69, 9.17) is 0 Å². The summed E-state index contributed by atoms with van der Waals surface area (Å²) in [6, 6.07) is 7.58. The maximum atomic E-state index is 12.2. The average molecular weight is 268 g/mol. The number of aryl methyl sites for hydroxylation is 1. The summed E-state index contributed by atoms with van der Waals surface area (Å²) in [4.78, 5) is 0. The monoisotopic (exact) mass is 268 g/mol. The second kappa shape index (κ2) is 5.71. The van der Waals surface area contributed by atoms with E-state index in [9.17, 15) is 8.42 Å². The van der Waals surface area contributed by atoms with Crippen LogP contribution in [0.25, 0.3) is 0 Å². The normalized spacial score (nSPS) is 17.6. The highest BCUT2D eigenvalue weighted by Gasteiger charge is 2.26. The fraction of sp³-hybridized carbons (Fsp3) is 0.538. The van der Waals surface area contributed by atoms with Crippen molar-refractivity contribution in [2.75, 3.05) is 17.8 Å². The Balaban J connectivity index is 2.06. The molecule has 18 heavy (non-hydrogen) atoms. The number of nitrogens with one attached hydrogen (secondary N) is 2. The highest BCUT2D eigenvalue weighted by atomic mass is 32.2. The Labute approximate surface area is 109 Å². The molecule has 1 aromatic carbocycles. The maximum absolute atomic E-state index is 12.2. The van der Waals surface area contributed by atoms with Gasteiger partial charge in [-0.15, -0.1) is 0 Å². The summed E-state index contributed by atoms with van der Waals surface area (Å²) >= 11 is 0. The van der Waals surface area contributed by atoms with Gasteiger partial charge in [0.1, 0.15) is 0 Å². The van der Waals surface area contributed by atoms with Crippen molar-refractivity contribution in [2.24, 2.45) is 0 Å². The van der Waals surface area contributed by atoms with Gasteiger partial charge in [-0.2, -0.15) is 0 Å². The van der Waals surface area contributed by atoms with Gasteiger partial charge in [0, 0.05) is 5.69 Å². The first-order valence-corrected chi connectivity index (χ1v) is 7.98. The van der Waals surface area contributed by atoms with Crippen molar-refractivity contribution in [3.63, 3.8) is 0 Å². The molecule has 1 saturated heterocycles. The van der Waals surface area contributed by atoms with Crippen LogP contribution in [0.2, 0.25) is 0 Å². The SMILES string of the molecule is CCc1ccc(NS(=O)(=O)C2CCNCC2)cc1. The molecule has 1 heterocycles. The predicted octanol–water partition coefficient (Wildman–Crippen LogP) is 1.74. The zero-order valence-electron chi connectivity index (χ0n) is 10.6. The molecular weight excluding hydrogens is 248 g/mol. The van der Waals surface area contributed by atoms with E-state index >= 15 is 0 Å². The molecule has 2 rings (SSSR count). The molecule has 0 amide bonds. The van der Waals surface area contributed by atoms with Gasteiger partial charge in [0.05, 0.1) is 5.25 Å². The molecule has 2 N–H and O–H groups in total. The number of piperidine rings is 1. The van der Waals surface area contributed by atoms with Gasteiger partial charge in [0.15, 0.2) is 0 Å². The van der Waals surface area contributed by atoms with Crippen molar-refractivity contribution < 1.29 is 8.42 Å². The highest BCUT2D eigenvalue weighted by molar-refractivity contribution is 7.93. The smallest absolute Gasteiger partial charge is 0.235 e. The lowest BCUT2D eigenvalue weighted by Crippen LogP contribution is -2.38. The van der Waals surface area contributed by atoms with E-state index in [0.717, 1.165) is 19.5 Å². The molecule has 0 radical (unpaired) electrons. The van der Waals surface area contributed by atoms with Gasteiger partial charge in [0.2, 0.25) is 10.0 Å². The van der Waals surface area contributed by atoms with Crippen LogP contribution in [0.4, 0.5) is 5.69 Å². The number of sulfonamides is 1. The molecular formula is C13H20N2O2S. The Morgan fingerprint density at radius 1 is 1.22 bits per heavy atom. The largest absolute Gasteiger partial charge is 0.317 e. The summed E-state index contributed by atoms with van der Waals surface area (Å²) in [6.07, 6.45) is 2.33. The van der Waals surface area contributed by atoms with E-state index < -0.39 is 10.0 Å². The summed E-state index contributed by atoms with van der Waals surface area (Å²) in [5.74, 6) is 0. The zero-order valence-corrected chi connectivity index (χ0v) is 11.5. The minimum atomic E-state index is -3.25. The Morgan fingerprint density at radius 3 is 2.39 bits per heavy atom. The van der Waals surface area contributed by atoms with Gasteiger partial charge in [-0.1, -0.05) is 19.1 Å².